The van der Waals surface area contributed by atoms with Gasteiger partial charge in [0.2, 0.25) is 0 Å². The molecule has 1 aromatic carbocycles. The van der Waals surface area contributed by atoms with Gasteiger partial charge in [0.1, 0.15) is 6.10 Å². The Bertz CT molecular complexity index is 534. The van der Waals surface area contributed by atoms with Gasteiger partial charge in [-0.25, -0.2) is 8.78 Å². The monoisotopic (exact) mass is 350 g/mol. The van der Waals surface area contributed by atoms with Crippen molar-refractivity contribution in [1.82, 2.24) is 0 Å². The lowest BCUT2D eigenvalue weighted by molar-refractivity contribution is -0.180. The van der Waals surface area contributed by atoms with Gasteiger partial charge in [0.25, 0.3) is 0 Å². The van der Waals surface area contributed by atoms with Crippen molar-refractivity contribution in [3.63, 3.8) is 0 Å². The minimum absolute atomic E-state index is 0.386. The molecule has 1 atom stereocenters. The molecule has 4 nitrogen and oxygen atoms in total. The van der Waals surface area contributed by atoms with Crippen LogP contribution in [-0.2, 0) is 19.1 Å². The number of carbonyl (C=O) groups excluding carboxylic acids is 2. The lowest BCUT2D eigenvalue weighted by atomic mass is 10.1. The smallest absolute Gasteiger partial charge is 0.340 e. The maximum absolute atomic E-state index is 12.6. The number of carbonyl (C=O) groups is 2. The van der Waals surface area contributed by atoms with E-state index >= 15 is 0 Å². The fraction of sp³-hybridized carbons (Fsp3) is 0.500. The van der Waals surface area contributed by atoms with E-state index in [0.717, 1.165) is 5.56 Å². The summed E-state index contributed by atoms with van der Waals surface area (Å²) in [6.07, 6.45) is -4.81. The second-order valence-electron chi connectivity index (χ2n) is 5.02. The number of hydrogen-bond donors (Lipinski definition) is 0. The van der Waals surface area contributed by atoms with E-state index in [9.17, 15) is 27.2 Å². The van der Waals surface area contributed by atoms with Gasteiger partial charge < -0.3 is 9.47 Å². The summed E-state index contributed by atoms with van der Waals surface area (Å²) in [4.78, 5) is 22.9. The van der Waals surface area contributed by atoms with Gasteiger partial charge in [0.05, 0.1) is 12.8 Å². The molecular weight excluding hydrogens is 332 g/mol. The van der Waals surface area contributed by atoms with Crippen LogP contribution in [0.1, 0.15) is 37.9 Å². The van der Waals surface area contributed by atoms with Gasteiger partial charge in [-0.3, -0.25) is 9.59 Å². The average Bonchev–Trinajstić information content (AvgIpc) is 2.56. The zero-order chi connectivity index (χ0) is 18.2. The van der Waals surface area contributed by atoms with Crippen LogP contribution in [0.25, 0.3) is 0 Å². The Kier molecular flexibility index (Phi) is 7.67. The number of esters is 2. The minimum Gasteiger partial charge on any atom is -0.459 e. The van der Waals surface area contributed by atoms with Crippen molar-refractivity contribution >= 4 is 11.9 Å². The first-order chi connectivity index (χ1) is 11.3. The van der Waals surface area contributed by atoms with E-state index in [0.29, 0.717) is 6.42 Å². The fourth-order valence-corrected chi connectivity index (χ4v) is 1.79. The number of benzene rings is 1. The van der Waals surface area contributed by atoms with Crippen LogP contribution in [0, 0.1) is 0 Å². The number of ether oxygens (including phenoxy) is 2. The van der Waals surface area contributed by atoms with Gasteiger partial charge in [-0.1, -0.05) is 37.3 Å². The zero-order valence-electron chi connectivity index (χ0n) is 13.0. The Morgan fingerprint density at radius 1 is 1.08 bits per heavy atom. The highest BCUT2D eigenvalue weighted by Gasteiger charge is 2.42. The third-order valence-corrected chi connectivity index (χ3v) is 3.09. The van der Waals surface area contributed by atoms with Crippen molar-refractivity contribution in [2.24, 2.45) is 0 Å². The fourth-order valence-electron chi connectivity index (χ4n) is 1.79. The molecule has 8 heteroatoms. The predicted octanol–water partition coefficient (Wildman–Crippen LogP) is 3.90. The lowest BCUT2D eigenvalue weighted by Gasteiger charge is -2.17. The van der Waals surface area contributed by atoms with E-state index in [-0.39, 0.29) is 6.42 Å². The molecule has 0 saturated carbocycles. The number of hydrogen-bond acceptors (Lipinski definition) is 4. The highest BCUT2D eigenvalue weighted by molar-refractivity contribution is 5.77. The van der Waals surface area contributed by atoms with E-state index in [4.69, 9.17) is 4.74 Å². The molecule has 24 heavy (non-hydrogen) atoms. The maximum Gasteiger partial charge on any atom is 0.340 e. The first kappa shape index (κ1) is 19.9. The highest BCUT2D eigenvalue weighted by atomic mass is 19.3. The van der Waals surface area contributed by atoms with Crippen molar-refractivity contribution in [3.8, 4) is 0 Å². The molecule has 134 valence electrons. The third kappa shape index (κ3) is 6.55. The molecule has 0 aromatic heterocycles. The summed E-state index contributed by atoms with van der Waals surface area (Å²) in [5.41, 5.74) is 0.785. The number of halogens is 4. The quantitative estimate of drug-likeness (QED) is 0.501. The molecule has 0 radical (unpaired) electrons. The standard InChI is InChI=1S/C16H18F4O4/c1-2-12(11-6-4-3-5-7-11)24-14(22)9-8-13(21)23-10-16(19,20)15(17)18/h3-7,12,15H,2,8-10H2,1H3. The van der Waals surface area contributed by atoms with E-state index < -0.39 is 43.4 Å². The van der Waals surface area contributed by atoms with Gasteiger partial charge in [-0.05, 0) is 12.0 Å². The summed E-state index contributed by atoms with van der Waals surface area (Å²) >= 11 is 0. The first-order valence-corrected chi connectivity index (χ1v) is 7.32. The van der Waals surface area contributed by atoms with Gasteiger partial charge >= 0.3 is 24.3 Å². The predicted molar refractivity (Wildman–Crippen MR) is 76.7 cm³/mol. The normalized spacial score (nSPS) is 12.8. The molecular formula is C16H18F4O4. The number of alkyl halides is 4. The van der Waals surface area contributed by atoms with Crippen LogP contribution in [0.3, 0.4) is 0 Å². The summed E-state index contributed by atoms with van der Waals surface area (Å²) < 4.78 is 58.3. The summed E-state index contributed by atoms with van der Waals surface area (Å²) in [7, 11) is 0. The van der Waals surface area contributed by atoms with Gasteiger partial charge in [-0.2, -0.15) is 8.78 Å². The van der Waals surface area contributed by atoms with E-state index in [1.807, 2.05) is 13.0 Å². The molecule has 1 unspecified atom stereocenters. The van der Waals surface area contributed by atoms with E-state index in [2.05, 4.69) is 4.74 Å². The van der Waals surface area contributed by atoms with Gasteiger partial charge in [0.15, 0.2) is 6.61 Å². The molecule has 0 aliphatic heterocycles. The van der Waals surface area contributed by atoms with E-state index in [1.165, 1.54) is 0 Å². The summed E-state index contributed by atoms with van der Waals surface area (Å²) in [5, 5.41) is 0. The molecule has 1 aromatic rings. The lowest BCUT2D eigenvalue weighted by Crippen LogP contribution is -2.33. The molecule has 1 rings (SSSR count). The average molecular weight is 350 g/mol. The molecule has 0 saturated heterocycles. The van der Waals surface area contributed by atoms with Crippen LogP contribution in [0.2, 0.25) is 0 Å². The van der Waals surface area contributed by atoms with Crippen molar-refractivity contribution in [3.05, 3.63) is 35.9 Å². The van der Waals surface area contributed by atoms with Crippen LogP contribution < -0.4 is 0 Å². The zero-order valence-corrected chi connectivity index (χ0v) is 13.0. The molecule has 0 heterocycles. The van der Waals surface area contributed by atoms with Crippen LogP contribution in [0.4, 0.5) is 17.6 Å². The highest BCUT2D eigenvalue weighted by Crippen LogP contribution is 2.23. The van der Waals surface area contributed by atoms with Gasteiger partial charge in [-0.15, -0.1) is 0 Å². The Balaban J connectivity index is 2.39. The van der Waals surface area contributed by atoms with Crippen LogP contribution in [-0.4, -0.2) is 30.9 Å². The van der Waals surface area contributed by atoms with Crippen molar-refractivity contribution in [2.75, 3.05) is 6.61 Å². The Labute approximate surface area is 136 Å². The molecule has 0 spiro atoms. The first-order valence-electron chi connectivity index (χ1n) is 7.32. The molecule has 0 fully saturated rings. The van der Waals surface area contributed by atoms with Gasteiger partial charge in [0, 0.05) is 0 Å². The second-order valence-corrected chi connectivity index (χ2v) is 5.02. The molecule has 0 N–H and O–H groups in total. The van der Waals surface area contributed by atoms with Crippen LogP contribution in [0.5, 0.6) is 0 Å². The summed E-state index contributed by atoms with van der Waals surface area (Å²) in [6.45, 7) is 0.0891. The van der Waals surface area contributed by atoms with Crippen LogP contribution >= 0.6 is 0 Å². The maximum atomic E-state index is 12.6. The van der Waals surface area contributed by atoms with E-state index in [1.54, 1.807) is 24.3 Å². The molecule has 0 amide bonds. The molecule has 0 bridgehead atoms. The summed E-state index contributed by atoms with van der Waals surface area (Å²) in [6, 6.07) is 8.94. The Hall–Kier alpha value is -2.12. The largest absolute Gasteiger partial charge is 0.459 e. The summed E-state index contributed by atoms with van der Waals surface area (Å²) in [5.74, 6) is -6.28. The number of rotatable bonds is 9. The minimum atomic E-state index is -4.41. The molecule has 0 aliphatic carbocycles. The van der Waals surface area contributed by atoms with Crippen molar-refractivity contribution in [1.29, 1.82) is 0 Å². The van der Waals surface area contributed by atoms with Crippen molar-refractivity contribution < 1.29 is 36.6 Å². The Morgan fingerprint density at radius 3 is 2.21 bits per heavy atom. The second kappa shape index (κ2) is 9.24. The topological polar surface area (TPSA) is 52.6 Å². The molecule has 0 aliphatic rings. The third-order valence-electron chi connectivity index (χ3n) is 3.09. The van der Waals surface area contributed by atoms with Crippen molar-refractivity contribution in [2.45, 2.75) is 44.6 Å². The van der Waals surface area contributed by atoms with Crippen LogP contribution in [0.15, 0.2) is 30.3 Å². The Morgan fingerprint density at radius 2 is 1.67 bits per heavy atom. The SMILES string of the molecule is CCC(OC(=O)CCC(=O)OCC(F)(F)C(F)F)c1ccccc1.